The molecule has 29 heavy (non-hydrogen) atoms. The molecule has 1 heteroatoms. The van der Waals surface area contributed by atoms with Crippen molar-refractivity contribution in [1.82, 2.24) is 0 Å². The summed E-state index contributed by atoms with van der Waals surface area (Å²) in [6.45, 7) is 9.41. The average molecular weight is 428 g/mol. The minimum absolute atomic E-state index is 0.678. The Morgan fingerprint density at radius 3 is 0.793 bits per heavy atom. The Morgan fingerprint density at radius 1 is 0.276 bits per heavy atom. The summed E-state index contributed by atoms with van der Waals surface area (Å²) in [4.78, 5) is 0. The van der Waals surface area contributed by atoms with Crippen molar-refractivity contribution >= 4 is 7.26 Å². The van der Waals surface area contributed by atoms with Crippen LogP contribution in [0.1, 0.15) is 156 Å². The lowest BCUT2D eigenvalue weighted by Crippen LogP contribution is -2.13. The van der Waals surface area contributed by atoms with Gasteiger partial charge in [-0.1, -0.05) is 118 Å². The van der Waals surface area contributed by atoms with Gasteiger partial charge >= 0.3 is 0 Å². The summed E-state index contributed by atoms with van der Waals surface area (Å²) in [5.41, 5.74) is 0. The molecule has 0 heterocycles. The van der Waals surface area contributed by atoms with Crippen LogP contribution < -0.4 is 0 Å². The molecule has 0 N–H and O–H groups in total. The Bertz CT molecular complexity index is 269. The Hall–Kier alpha value is 0.430. The predicted molar refractivity (Wildman–Crippen MR) is 141 cm³/mol. The minimum atomic E-state index is -0.678. The molecule has 0 rings (SSSR count). The van der Waals surface area contributed by atoms with Crippen molar-refractivity contribution in [2.45, 2.75) is 156 Å². The van der Waals surface area contributed by atoms with E-state index in [1.807, 2.05) is 0 Å². The van der Waals surface area contributed by atoms with Gasteiger partial charge in [0, 0.05) is 7.26 Å². The van der Waals surface area contributed by atoms with Gasteiger partial charge in [-0.15, -0.1) is 0 Å². The van der Waals surface area contributed by atoms with E-state index < -0.39 is 7.26 Å². The van der Waals surface area contributed by atoms with Crippen molar-refractivity contribution < 1.29 is 0 Å². The molecular weight excluding hydrogens is 367 g/mol. The fraction of sp³-hybridized carbons (Fsp3) is 1.00. The lowest BCUT2D eigenvalue weighted by molar-refractivity contribution is 0.598. The Labute approximate surface area is 188 Å². The molecule has 0 aliphatic carbocycles. The molecule has 0 saturated heterocycles. The summed E-state index contributed by atoms with van der Waals surface area (Å²) >= 11 is 0. The summed E-state index contributed by atoms with van der Waals surface area (Å²) in [6, 6.07) is 0. The van der Waals surface area contributed by atoms with E-state index in [0.717, 1.165) is 0 Å². The molecule has 0 aliphatic rings. The summed E-state index contributed by atoms with van der Waals surface area (Å²) in [5.74, 6) is 0. The molecule has 0 radical (unpaired) electrons. The fourth-order valence-electron chi connectivity index (χ4n) is 4.87. The van der Waals surface area contributed by atoms with E-state index in [0.29, 0.717) is 0 Å². The van der Waals surface area contributed by atoms with Gasteiger partial charge in [0.2, 0.25) is 0 Å². The molecule has 0 spiro atoms. The summed E-state index contributed by atoms with van der Waals surface area (Å²) in [5, 5.41) is 0. The number of hydrogen-bond acceptors (Lipinski definition) is 0. The summed E-state index contributed by atoms with van der Waals surface area (Å²) in [6.07, 6.45) is 36.1. The van der Waals surface area contributed by atoms with E-state index in [1.165, 1.54) is 116 Å². The van der Waals surface area contributed by atoms with E-state index in [2.05, 4.69) is 27.7 Å². The third-order valence-electron chi connectivity index (χ3n) is 6.94. The van der Waals surface area contributed by atoms with Gasteiger partial charge in [-0.25, -0.2) is 0 Å². The van der Waals surface area contributed by atoms with Crippen LogP contribution in [-0.2, 0) is 0 Å². The maximum atomic E-state index is 2.38. The molecule has 0 aromatic rings. The zero-order valence-electron chi connectivity index (χ0n) is 21.4. The third-order valence-corrected chi connectivity index (χ3v) is 12.0. The van der Waals surface area contributed by atoms with Crippen LogP contribution in [0.25, 0.3) is 0 Å². The molecule has 0 aromatic carbocycles. The second-order valence-corrected chi connectivity index (χ2v) is 14.4. The smallest absolute Gasteiger partial charge is 0.0594 e. The van der Waals surface area contributed by atoms with Crippen molar-refractivity contribution in [3.63, 3.8) is 0 Å². The van der Waals surface area contributed by atoms with Gasteiger partial charge < -0.3 is 0 Å². The first-order chi connectivity index (χ1) is 14.2. The molecule has 176 valence electrons. The number of unbranched alkanes of at least 4 members (excludes halogenated alkanes) is 16. The summed E-state index contributed by atoms with van der Waals surface area (Å²) < 4.78 is 0. The van der Waals surface area contributed by atoms with Crippen molar-refractivity contribution in [1.29, 1.82) is 0 Å². The lowest BCUT2D eigenvalue weighted by Gasteiger charge is -2.28. The highest BCUT2D eigenvalue weighted by Gasteiger charge is 2.34. The van der Waals surface area contributed by atoms with Crippen LogP contribution in [-0.4, -0.2) is 24.6 Å². The van der Waals surface area contributed by atoms with Crippen LogP contribution in [0.4, 0.5) is 0 Å². The highest BCUT2D eigenvalue weighted by Crippen LogP contribution is 2.61. The van der Waals surface area contributed by atoms with Crippen LogP contribution in [0.3, 0.4) is 0 Å². The minimum Gasteiger partial charge on any atom is -0.0654 e. The van der Waals surface area contributed by atoms with Crippen LogP contribution in [0, 0.1) is 0 Å². The largest absolute Gasteiger partial charge is 0.0654 e. The van der Waals surface area contributed by atoms with E-state index in [4.69, 9.17) is 0 Å². The van der Waals surface area contributed by atoms with Crippen LogP contribution >= 0.6 is 7.26 Å². The normalized spacial score (nSPS) is 12.0. The topological polar surface area (TPSA) is 0 Å². The highest BCUT2D eigenvalue weighted by atomic mass is 31.2. The predicted octanol–water partition coefficient (Wildman–Crippen LogP) is 10.9. The van der Waals surface area contributed by atoms with Gasteiger partial charge in [0.25, 0.3) is 0 Å². The molecule has 0 unspecified atom stereocenters. The Kier molecular flexibility index (Phi) is 23.4. The molecule has 0 bridgehead atoms. The van der Waals surface area contributed by atoms with E-state index in [9.17, 15) is 0 Å². The highest BCUT2D eigenvalue weighted by molar-refractivity contribution is 7.75. The second-order valence-electron chi connectivity index (χ2n) is 9.89. The zero-order chi connectivity index (χ0) is 21.5. The molecule has 0 aliphatic heterocycles. The quantitative estimate of drug-likeness (QED) is 0.106. The van der Waals surface area contributed by atoms with Gasteiger partial charge in [0.15, 0.2) is 0 Å². The maximum absolute atomic E-state index is 2.38. The van der Waals surface area contributed by atoms with Crippen molar-refractivity contribution in [2.75, 3.05) is 24.6 Å². The zero-order valence-corrected chi connectivity index (χ0v) is 22.3. The first-order valence-electron chi connectivity index (χ1n) is 14.1. The van der Waals surface area contributed by atoms with Gasteiger partial charge in [-0.2, -0.15) is 0 Å². The van der Waals surface area contributed by atoms with Crippen LogP contribution in [0.2, 0.25) is 0 Å². The SMILES string of the molecule is CCCCCCCCC[P+](CCCCC)(CCCCC)CCCCCCCCC. The van der Waals surface area contributed by atoms with E-state index >= 15 is 0 Å². The molecule has 0 atom stereocenters. The molecule has 0 nitrogen and oxygen atoms in total. The molecule has 0 fully saturated rings. The maximum Gasteiger partial charge on any atom is 0.0594 e. The van der Waals surface area contributed by atoms with Gasteiger partial charge in [-0.3, -0.25) is 0 Å². The number of hydrogen-bond donors (Lipinski definition) is 0. The standard InChI is InChI=1S/C28H60P/c1-5-9-13-15-17-19-23-27-29(25-21-11-7-3,26-22-12-8-4)28-24-20-18-16-14-10-6-2/h5-28H2,1-4H3/q+1. The fourth-order valence-corrected chi connectivity index (χ4v) is 9.79. The molecule has 0 saturated carbocycles. The van der Waals surface area contributed by atoms with Gasteiger partial charge in [0.05, 0.1) is 24.6 Å². The summed E-state index contributed by atoms with van der Waals surface area (Å²) in [7, 11) is -0.678. The van der Waals surface area contributed by atoms with Crippen LogP contribution in [0.5, 0.6) is 0 Å². The Morgan fingerprint density at radius 2 is 0.483 bits per heavy atom. The van der Waals surface area contributed by atoms with E-state index in [-0.39, 0.29) is 0 Å². The van der Waals surface area contributed by atoms with Gasteiger partial charge in [-0.05, 0) is 38.5 Å². The van der Waals surface area contributed by atoms with Crippen molar-refractivity contribution in [3.05, 3.63) is 0 Å². The molecule has 0 aromatic heterocycles. The monoisotopic (exact) mass is 427 g/mol. The second kappa shape index (κ2) is 23.1. The lowest BCUT2D eigenvalue weighted by atomic mass is 10.1. The first kappa shape index (κ1) is 29.4. The van der Waals surface area contributed by atoms with Gasteiger partial charge in [0.1, 0.15) is 0 Å². The first-order valence-corrected chi connectivity index (χ1v) is 16.6. The third kappa shape index (κ3) is 18.9. The number of rotatable bonds is 24. The van der Waals surface area contributed by atoms with Crippen LogP contribution in [0.15, 0.2) is 0 Å². The average Bonchev–Trinajstić information content (AvgIpc) is 2.73. The van der Waals surface area contributed by atoms with E-state index in [1.54, 1.807) is 37.5 Å². The van der Waals surface area contributed by atoms with Crippen molar-refractivity contribution in [3.8, 4) is 0 Å². The Balaban J connectivity index is 4.48. The van der Waals surface area contributed by atoms with Crippen molar-refractivity contribution in [2.24, 2.45) is 0 Å². The molecule has 0 amide bonds. The molecular formula is C28H60P+.